The summed E-state index contributed by atoms with van der Waals surface area (Å²) in [6, 6.07) is 13.0. The van der Waals surface area contributed by atoms with Crippen molar-refractivity contribution < 1.29 is 19.4 Å². The Morgan fingerprint density at radius 2 is 1.73 bits per heavy atom. The number of anilines is 1. The van der Waals surface area contributed by atoms with Gasteiger partial charge in [0, 0.05) is 5.69 Å². The summed E-state index contributed by atoms with van der Waals surface area (Å²) in [5.41, 5.74) is 1.88. The van der Waals surface area contributed by atoms with E-state index in [0.717, 1.165) is 5.56 Å². The molecular formula is C17H17NO4. The minimum absolute atomic E-state index is 0.0573. The molecule has 114 valence electrons. The second kappa shape index (κ2) is 6.76. The molecule has 2 N–H and O–H groups in total. The van der Waals surface area contributed by atoms with Crippen LogP contribution in [0, 0.1) is 6.92 Å². The van der Waals surface area contributed by atoms with Crippen LogP contribution in [0.1, 0.15) is 22.8 Å². The molecule has 0 radical (unpaired) electrons. The lowest BCUT2D eigenvalue weighted by Gasteiger charge is -2.14. The maximum Gasteiger partial charge on any atom is 0.338 e. The molecule has 0 aliphatic rings. The molecule has 0 fully saturated rings. The van der Waals surface area contributed by atoms with Crippen LogP contribution in [0.3, 0.4) is 0 Å². The lowest BCUT2D eigenvalue weighted by Crippen LogP contribution is -2.30. The van der Waals surface area contributed by atoms with Crippen molar-refractivity contribution >= 4 is 17.6 Å². The van der Waals surface area contributed by atoms with Gasteiger partial charge < -0.3 is 15.2 Å². The van der Waals surface area contributed by atoms with E-state index in [1.807, 2.05) is 25.1 Å². The van der Waals surface area contributed by atoms with Crippen LogP contribution in [-0.4, -0.2) is 23.1 Å². The molecule has 0 aliphatic heterocycles. The van der Waals surface area contributed by atoms with Gasteiger partial charge in [-0.15, -0.1) is 0 Å². The van der Waals surface area contributed by atoms with Gasteiger partial charge in [-0.3, -0.25) is 4.79 Å². The van der Waals surface area contributed by atoms with Gasteiger partial charge in [-0.25, -0.2) is 4.79 Å². The molecule has 22 heavy (non-hydrogen) atoms. The highest BCUT2D eigenvalue weighted by Crippen LogP contribution is 2.15. The first-order valence-electron chi connectivity index (χ1n) is 6.84. The summed E-state index contributed by atoms with van der Waals surface area (Å²) >= 11 is 0. The van der Waals surface area contributed by atoms with E-state index in [0.29, 0.717) is 5.69 Å². The standard InChI is InChI=1S/C17H17NO4/c1-11-5-3-4-6-15(11)18-16(20)12(2)22-17(21)13-7-9-14(19)10-8-13/h3-10,12,19H,1-2H3,(H,18,20). The number of amides is 1. The molecule has 0 heterocycles. The zero-order valence-corrected chi connectivity index (χ0v) is 12.4. The molecule has 5 heteroatoms. The first-order chi connectivity index (χ1) is 10.5. The lowest BCUT2D eigenvalue weighted by atomic mass is 10.2. The van der Waals surface area contributed by atoms with E-state index in [1.165, 1.54) is 31.2 Å². The summed E-state index contributed by atoms with van der Waals surface area (Å²) in [6.07, 6.45) is -0.930. The first kappa shape index (κ1) is 15.6. The van der Waals surface area contributed by atoms with Crippen molar-refractivity contribution in [2.45, 2.75) is 20.0 Å². The molecule has 0 aromatic heterocycles. The fraction of sp³-hybridized carbons (Fsp3) is 0.176. The number of aryl methyl sites for hydroxylation is 1. The van der Waals surface area contributed by atoms with Crippen LogP contribution in [0.4, 0.5) is 5.69 Å². The van der Waals surface area contributed by atoms with Gasteiger partial charge in [0.15, 0.2) is 6.10 Å². The molecule has 1 atom stereocenters. The van der Waals surface area contributed by atoms with Crippen LogP contribution >= 0.6 is 0 Å². The highest BCUT2D eigenvalue weighted by molar-refractivity contribution is 5.97. The minimum Gasteiger partial charge on any atom is -0.508 e. The van der Waals surface area contributed by atoms with E-state index >= 15 is 0 Å². The monoisotopic (exact) mass is 299 g/mol. The molecule has 0 saturated heterocycles. The predicted octanol–water partition coefficient (Wildman–Crippen LogP) is 2.88. The van der Waals surface area contributed by atoms with E-state index in [2.05, 4.69) is 5.32 Å². The highest BCUT2D eigenvalue weighted by Gasteiger charge is 2.19. The number of hydrogen-bond donors (Lipinski definition) is 2. The number of esters is 1. The van der Waals surface area contributed by atoms with Crippen LogP contribution in [0.25, 0.3) is 0 Å². The van der Waals surface area contributed by atoms with E-state index < -0.39 is 18.0 Å². The zero-order chi connectivity index (χ0) is 16.1. The van der Waals surface area contributed by atoms with Crippen molar-refractivity contribution in [3.63, 3.8) is 0 Å². The summed E-state index contributed by atoms with van der Waals surface area (Å²) < 4.78 is 5.12. The Labute approximate surface area is 128 Å². The Bertz CT molecular complexity index is 679. The molecule has 0 bridgehead atoms. The highest BCUT2D eigenvalue weighted by atomic mass is 16.5. The van der Waals surface area contributed by atoms with Gasteiger partial charge in [0.05, 0.1) is 5.56 Å². The van der Waals surface area contributed by atoms with Gasteiger partial charge in [-0.05, 0) is 49.7 Å². The maximum atomic E-state index is 12.1. The van der Waals surface area contributed by atoms with Crippen LogP contribution in [0.15, 0.2) is 48.5 Å². The Kier molecular flexibility index (Phi) is 4.78. The number of nitrogens with one attached hydrogen (secondary N) is 1. The largest absolute Gasteiger partial charge is 0.508 e. The fourth-order valence-electron chi connectivity index (χ4n) is 1.83. The fourth-order valence-corrected chi connectivity index (χ4v) is 1.83. The molecular weight excluding hydrogens is 282 g/mol. The van der Waals surface area contributed by atoms with Gasteiger partial charge in [-0.2, -0.15) is 0 Å². The number of carbonyl (C=O) groups excluding carboxylic acids is 2. The van der Waals surface area contributed by atoms with Crippen molar-refractivity contribution in [3.05, 3.63) is 59.7 Å². The molecule has 0 spiro atoms. The number of ether oxygens (including phenoxy) is 1. The smallest absolute Gasteiger partial charge is 0.338 e. The molecule has 2 aromatic rings. The molecule has 0 saturated carbocycles. The maximum absolute atomic E-state index is 12.1. The van der Waals surface area contributed by atoms with Crippen LogP contribution in [-0.2, 0) is 9.53 Å². The van der Waals surface area contributed by atoms with Gasteiger partial charge in [-0.1, -0.05) is 18.2 Å². The van der Waals surface area contributed by atoms with E-state index in [1.54, 1.807) is 6.07 Å². The third-order valence-electron chi connectivity index (χ3n) is 3.16. The van der Waals surface area contributed by atoms with Crippen molar-refractivity contribution in [1.29, 1.82) is 0 Å². The number of phenols is 1. The molecule has 0 aliphatic carbocycles. The molecule has 5 nitrogen and oxygen atoms in total. The van der Waals surface area contributed by atoms with Crippen molar-refractivity contribution in [2.24, 2.45) is 0 Å². The SMILES string of the molecule is Cc1ccccc1NC(=O)C(C)OC(=O)c1ccc(O)cc1. The second-order valence-corrected chi connectivity index (χ2v) is 4.90. The third kappa shape index (κ3) is 3.85. The first-order valence-corrected chi connectivity index (χ1v) is 6.84. The van der Waals surface area contributed by atoms with E-state index in [4.69, 9.17) is 4.74 Å². The van der Waals surface area contributed by atoms with Crippen molar-refractivity contribution in [2.75, 3.05) is 5.32 Å². The normalized spacial score (nSPS) is 11.5. The number of phenolic OH excluding ortho intramolecular Hbond substituents is 1. The summed E-state index contributed by atoms with van der Waals surface area (Å²) in [5.74, 6) is -0.962. The number of benzene rings is 2. The van der Waals surface area contributed by atoms with Crippen molar-refractivity contribution in [1.82, 2.24) is 0 Å². The van der Waals surface area contributed by atoms with Gasteiger partial charge in [0.1, 0.15) is 5.75 Å². The summed E-state index contributed by atoms with van der Waals surface area (Å²) in [4.78, 5) is 24.0. The number of aromatic hydroxyl groups is 1. The van der Waals surface area contributed by atoms with E-state index in [-0.39, 0.29) is 11.3 Å². The number of carbonyl (C=O) groups is 2. The Balaban J connectivity index is 1.98. The quantitative estimate of drug-likeness (QED) is 0.851. The number of para-hydroxylation sites is 1. The topological polar surface area (TPSA) is 75.6 Å². The molecule has 2 aromatic carbocycles. The van der Waals surface area contributed by atoms with Crippen LogP contribution in [0.2, 0.25) is 0 Å². The van der Waals surface area contributed by atoms with Crippen molar-refractivity contribution in [3.8, 4) is 5.75 Å². The average molecular weight is 299 g/mol. The van der Waals surface area contributed by atoms with Gasteiger partial charge in [0.25, 0.3) is 5.91 Å². The van der Waals surface area contributed by atoms with Crippen LogP contribution in [0.5, 0.6) is 5.75 Å². The van der Waals surface area contributed by atoms with Gasteiger partial charge in [0.2, 0.25) is 0 Å². The van der Waals surface area contributed by atoms with Gasteiger partial charge >= 0.3 is 5.97 Å². The van der Waals surface area contributed by atoms with E-state index in [9.17, 15) is 14.7 Å². The van der Waals surface area contributed by atoms with Crippen LogP contribution < -0.4 is 5.32 Å². The molecule has 2 rings (SSSR count). The Hall–Kier alpha value is -2.82. The Morgan fingerprint density at radius 1 is 1.09 bits per heavy atom. The predicted molar refractivity (Wildman–Crippen MR) is 82.8 cm³/mol. The Morgan fingerprint density at radius 3 is 2.36 bits per heavy atom. The summed E-state index contributed by atoms with van der Waals surface area (Å²) in [6.45, 7) is 3.38. The molecule has 1 amide bonds. The zero-order valence-electron chi connectivity index (χ0n) is 12.4. The second-order valence-electron chi connectivity index (χ2n) is 4.90. The number of rotatable bonds is 4. The average Bonchev–Trinajstić information content (AvgIpc) is 2.50. The molecule has 1 unspecified atom stereocenters. The number of hydrogen-bond acceptors (Lipinski definition) is 4. The lowest BCUT2D eigenvalue weighted by molar-refractivity contribution is -0.123. The minimum atomic E-state index is -0.930. The third-order valence-corrected chi connectivity index (χ3v) is 3.16. The summed E-state index contributed by atoms with van der Waals surface area (Å²) in [7, 11) is 0. The summed E-state index contributed by atoms with van der Waals surface area (Å²) in [5, 5.41) is 11.9.